The Labute approximate surface area is 249 Å². The van der Waals surface area contributed by atoms with Crippen molar-refractivity contribution < 1.29 is 28.6 Å². The summed E-state index contributed by atoms with van der Waals surface area (Å²) >= 11 is 0. The first-order valence-corrected chi connectivity index (χ1v) is 14.5. The molecule has 3 aromatic heterocycles. The Hall–Kier alpha value is -4.91. The molecule has 0 aliphatic carbocycles. The number of unbranched alkanes of at least 4 members (excludes halogenated alkanes) is 3. The third-order valence-electron chi connectivity index (χ3n) is 8.00. The molecule has 2 aliphatic heterocycles. The van der Waals surface area contributed by atoms with Crippen molar-refractivity contribution >= 4 is 28.6 Å². The smallest absolute Gasteiger partial charge is 0.346 e. The van der Waals surface area contributed by atoms with Crippen LogP contribution >= 0.6 is 0 Å². The van der Waals surface area contributed by atoms with Crippen molar-refractivity contribution in [2.45, 2.75) is 64.7 Å². The van der Waals surface area contributed by atoms with Gasteiger partial charge in [-0.1, -0.05) is 19.8 Å². The van der Waals surface area contributed by atoms with Gasteiger partial charge in [0.2, 0.25) is 5.91 Å². The third kappa shape index (κ3) is 5.46. The van der Waals surface area contributed by atoms with Crippen LogP contribution in [-0.2, 0) is 33.9 Å². The molecular formula is C31H30FN5O7. The lowest BCUT2D eigenvalue weighted by Crippen LogP contribution is -2.32. The van der Waals surface area contributed by atoms with Crippen molar-refractivity contribution in [3.05, 3.63) is 79.4 Å². The first-order valence-electron chi connectivity index (χ1n) is 14.5. The maximum absolute atomic E-state index is 13.6. The topological polar surface area (TPSA) is 165 Å². The molecule has 6 rings (SSSR count). The first kappa shape index (κ1) is 29.2. The molecule has 0 bridgehead atoms. The van der Waals surface area contributed by atoms with E-state index in [1.807, 2.05) is 25.1 Å². The van der Waals surface area contributed by atoms with Gasteiger partial charge < -0.3 is 24.5 Å². The number of carbonyl (C=O) groups is 2. The lowest BCUT2D eigenvalue weighted by molar-refractivity contribution is -0.157. The number of hydrogen-bond acceptors (Lipinski definition) is 9. The SMILES string of the molecule is CCc1c2c(nc3ccc(OCCCCCCC(=O)Nc4[nH]c(=O)ncc4F)cc13)-c1cc3c(c(=O)n1C2)COC(=O)C3O. The maximum Gasteiger partial charge on any atom is 0.346 e. The van der Waals surface area contributed by atoms with Crippen molar-refractivity contribution in [3.8, 4) is 17.1 Å². The fraction of sp³-hybridized carbons (Fsp3) is 0.355. The normalized spacial score (nSPS) is 15.0. The maximum atomic E-state index is 13.6. The number of cyclic esters (lactones) is 1. The number of aryl methyl sites for hydroxylation is 1. The predicted molar refractivity (Wildman–Crippen MR) is 157 cm³/mol. The summed E-state index contributed by atoms with van der Waals surface area (Å²) in [6.07, 6.45) is 3.15. The molecule has 12 nitrogen and oxygen atoms in total. The highest BCUT2D eigenvalue weighted by atomic mass is 19.1. The molecule has 13 heteroatoms. The number of aromatic amines is 1. The van der Waals surface area contributed by atoms with Crippen LogP contribution in [0.1, 0.15) is 67.4 Å². The Kier molecular flexibility index (Phi) is 7.95. The number of ether oxygens (including phenoxy) is 2. The second kappa shape index (κ2) is 12.0. The number of esters is 1. The molecule has 5 heterocycles. The number of pyridine rings is 2. The Balaban J connectivity index is 1.08. The molecule has 0 spiro atoms. The Morgan fingerprint density at radius 3 is 2.82 bits per heavy atom. The Morgan fingerprint density at radius 2 is 2.00 bits per heavy atom. The number of hydrogen-bond donors (Lipinski definition) is 3. The zero-order chi connectivity index (χ0) is 31.0. The van der Waals surface area contributed by atoms with E-state index in [2.05, 4.69) is 15.3 Å². The van der Waals surface area contributed by atoms with Gasteiger partial charge in [0.25, 0.3) is 5.56 Å². The Morgan fingerprint density at radius 1 is 1.18 bits per heavy atom. The second-order valence-electron chi connectivity index (χ2n) is 10.8. The van der Waals surface area contributed by atoms with Crippen molar-refractivity contribution in [1.29, 1.82) is 0 Å². The van der Waals surface area contributed by atoms with Gasteiger partial charge >= 0.3 is 11.7 Å². The number of nitrogens with one attached hydrogen (secondary N) is 2. The van der Waals surface area contributed by atoms with Crippen molar-refractivity contribution in [2.75, 3.05) is 11.9 Å². The summed E-state index contributed by atoms with van der Waals surface area (Å²) in [5.41, 5.74) is 3.50. The van der Waals surface area contributed by atoms with Crippen LogP contribution in [0.15, 0.2) is 40.1 Å². The van der Waals surface area contributed by atoms with Crippen LogP contribution in [0.2, 0.25) is 0 Å². The molecule has 1 atom stereocenters. The quantitative estimate of drug-likeness (QED) is 0.160. The molecule has 4 aromatic rings. The minimum atomic E-state index is -1.50. The minimum absolute atomic E-state index is 0.163. The van der Waals surface area contributed by atoms with Crippen LogP contribution in [0, 0.1) is 5.82 Å². The van der Waals surface area contributed by atoms with Crippen LogP contribution in [0.5, 0.6) is 5.75 Å². The second-order valence-corrected chi connectivity index (χ2v) is 10.8. The van der Waals surface area contributed by atoms with Gasteiger partial charge in [-0.3, -0.25) is 14.6 Å². The average Bonchev–Trinajstić information content (AvgIpc) is 3.37. The van der Waals surface area contributed by atoms with E-state index in [-0.39, 0.29) is 41.4 Å². The third-order valence-corrected chi connectivity index (χ3v) is 8.00. The number of aliphatic hydroxyl groups is 1. The first-order chi connectivity index (χ1) is 21.2. The summed E-state index contributed by atoms with van der Waals surface area (Å²) in [6.45, 7) is 2.70. The minimum Gasteiger partial charge on any atom is -0.494 e. The number of aromatic nitrogens is 4. The summed E-state index contributed by atoms with van der Waals surface area (Å²) in [5, 5.41) is 13.6. The summed E-state index contributed by atoms with van der Waals surface area (Å²) in [4.78, 5) is 58.7. The van der Waals surface area contributed by atoms with Crippen LogP contribution in [0.25, 0.3) is 22.3 Å². The number of carbonyl (C=O) groups excluding carboxylic acids is 2. The highest BCUT2D eigenvalue weighted by Crippen LogP contribution is 2.38. The van der Waals surface area contributed by atoms with Crippen LogP contribution in [0.4, 0.5) is 10.2 Å². The highest BCUT2D eigenvalue weighted by molar-refractivity contribution is 5.90. The van der Waals surface area contributed by atoms with E-state index in [4.69, 9.17) is 14.5 Å². The molecule has 0 fully saturated rings. The van der Waals surface area contributed by atoms with E-state index >= 15 is 0 Å². The van der Waals surface area contributed by atoms with Gasteiger partial charge in [-0.2, -0.15) is 4.98 Å². The average molecular weight is 604 g/mol. The van der Waals surface area contributed by atoms with Crippen LogP contribution < -0.4 is 21.3 Å². The van der Waals surface area contributed by atoms with Gasteiger partial charge in [-0.15, -0.1) is 0 Å². The summed E-state index contributed by atoms with van der Waals surface area (Å²) in [6, 6.07) is 7.37. The molecular weight excluding hydrogens is 573 g/mol. The van der Waals surface area contributed by atoms with Gasteiger partial charge in [-0.25, -0.2) is 19.0 Å². The number of H-pyrrole nitrogens is 1. The number of halogens is 1. The molecule has 0 saturated carbocycles. The molecule has 228 valence electrons. The Bertz CT molecular complexity index is 1920. The zero-order valence-corrected chi connectivity index (χ0v) is 23.9. The molecule has 1 aromatic carbocycles. The van der Waals surface area contributed by atoms with Gasteiger partial charge in [0.05, 0.1) is 41.8 Å². The van der Waals surface area contributed by atoms with E-state index in [0.717, 1.165) is 47.5 Å². The lowest BCUT2D eigenvalue weighted by atomic mass is 9.97. The van der Waals surface area contributed by atoms with Gasteiger partial charge in [0.1, 0.15) is 12.4 Å². The number of amides is 1. The summed E-state index contributed by atoms with van der Waals surface area (Å²) < 4.78 is 26.3. The largest absolute Gasteiger partial charge is 0.494 e. The zero-order valence-electron chi connectivity index (χ0n) is 23.9. The van der Waals surface area contributed by atoms with Crippen LogP contribution in [-0.4, -0.2) is 43.1 Å². The summed E-state index contributed by atoms with van der Waals surface area (Å²) in [7, 11) is 0. The van der Waals surface area contributed by atoms with E-state index in [0.29, 0.717) is 43.1 Å². The number of anilines is 1. The van der Waals surface area contributed by atoms with Crippen molar-refractivity contribution in [3.63, 3.8) is 0 Å². The number of rotatable bonds is 10. The van der Waals surface area contributed by atoms with E-state index in [1.165, 1.54) is 0 Å². The lowest BCUT2D eigenvalue weighted by Gasteiger charge is -2.21. The van der Waals surface area contributed by atoms with Crippen molar-refractivity contribution in [1.82, 2.24) is 19.5 Å². The number of benzene rings is 1. The fourth-order valence-corrected chi connectivity index (χ4v) is 5.78. The molecule has 2 aliphatic rings. The fourth-order valence-electron chi connectivity index (χ4n) is 5.78. The monoisotopic (exact) mass is 603 g/mol. The van der Waals surface area contributed by atoms with E-state index in [1.54, 1.807) is 10.6 Å². The van der Waals surface area contributed by atoms with Crippen molar-refractivity contribution in [2.24, 2.45) is 0 Å². The highest BCUT2D eigenvalue weighted by Gasteiger charge is 2.34. The van der Waals surface area contributed by atoms with E-state index in [9.17, 15) is 28.7 Å². The summed E-state index contributed by atoms with van der Waals surface area (Å²) in [5.74, 6) is -1.54. The predicted octanol–water partition coefficient (Wildman–Crippen LogP) is 3.27. The molecule has 44 heavy (non-hydrogen) atoms. The molecule has 0 radical (unpaired) electrons. The molecule has 3 N–H and O–H groups in total. The molecule has 1 amide bonds. The number of fused-ring (bicyclic) bond motifs is 5. The van der Waals surface area contributed by atoms with Gasteiger partial charge in [0.15, 0.2) is 17.7 Å². The van der Waals surface area contributed by atoms with Gasteiger partial charge in [-0.05, 0) is 49.1 Å². The molecule has 1 unspecified atom stereocenters. The standard InChI is InChI=1S/C31H30FN5O7/c1-2-17-18-11-16(43-10-6-4-3-5-7-25(38)35-28-22(32)13-33-31(42)36-28)8-9-23(18)34-26-20(17)14-37-24(26)12-19-21(29(37)40)15-44-30(41)27(19)39/h8-9,11-13,27,39H,2-7,10,14-15H2,1H3,(H2,33,35,36,38,42). The number of nitrogens with zero attached hydrogens (tertiary/aromatic N) is 3. The van der Waals surface area contributed by atoms with E-state index < -0.39 is 23.6 Å². The molecule has 0 saturated heterocycles. The number of aliphatic hydroxyl groups excluding tert-OH is 1. The van der Waals surface area contributed by atoms with Crippen LogP contribution in [0.3, 0.4) is 0 Å². The van der Waals surface area contributed by atoms with Gasteiger partial charge in [0, 0.05) is 22.9 Å².